The second kappa shape index (κ2) is 7.92. The summed E-state index contributed by atoms with van der Waals surface area (Å²) in [4.78, 5) is 30.1. The van der Waals surface area contributed by atoms with Gasteiger partial charge in [-0.3, -0.25) is 14.0 Å². The summed E-state index contributed by atoms with van der Waals surface area (Å²) in [5.41, 5.74) is 3.72. The molecule has 6 heteroatoms. The van der Waals surface area contributed by atoms with E-state index in [9.17, 15) is 9.59 Å². The highest BCUT2D eigenvalue weighted by molar-refractivity contribution is 6.30. The maximum Gasteiger partial charge on any atom is 0.262 e. The minimum absolute atomic E-state index is 0.0184. The van der Waals surface area contributed by atoms with Gasteiger partial charge in [0, 0.05) is 34.1 Å². The topological polar surface area (TPSA) is 56.4 Å². The molecule has 2 aromatic carbocycles. The van der Waals surface area contributed by atoms with Crippen molar-refractivity contribution >= 4 is 23.2 Å². The Bertz CT molecular complexity index is 1280. The van der Waals surface area contributed by atoms with Crippen LogP contribution in [0.2, 0.25) is 5.02 Å². The molecule has 4 aromatic rings. The van der Waals surface area contributed by atoms with Crippen LogP contribution in [-0.4, -0.2) is 19.7 Å². The van der Waals surface area contributed by atoms with Crippen LogP contribution in [0.5, 0.6) is 0 Å². The van der Waals surface area contributed by atoms with Crippen molar-refractivity contribution in [1.29, 1.82) is 0 Å². The second-order valence-electron chi connectivity index (χ2n) is 7.70. The van der Waals surface area contributed by atoms with Gasteiger partial charge in [0.2, 0.25) is 5.78 Å². The van der Waals surface area contributed by atoms with E-state index >= 15 is 0 Å². The second-order valence-corrected chi connectivity index (χ2v) is 8.14. The number of carbonyl (C=O) groups excluding carboxylic acids is 1. The number of rotatable bonds is 5. The molecular formula is C24H22ClN3O2. The van der Waals surface area contributed by atoms with Crippen LogP contribution in [0.1, 0.15) is 52.5 Å². The Kier molecular flexibility index (Phi) is 5.31. The van der Waals surface area contributed by atoms with E-state index < -0.39 is 0 Å². The normalized spacial score (nSPS) is 11.4. The fourth-order valence-corrected chi connectivity index (χ4v) is 3.83. The molecule has 0 amide bonds. The van der Waals surface area contributed by atoms with E-state index in [1.807, 2.05) is 55.8 Å². The summed E-state index contributed by atoms with van der Waals surface area (Å²) in [7, 11) is 0. The smallest absolute Gasteiger partial charge is 0.262 e. The number of aromatic nitrogens is 3. The molecule has 0 aliphatic carbocycles. The van der Waals surface area contributed by atoms with Gasteiger partial charge in [-0.15, -0.1) is 0 Å². The molecule has 0 fully saturated rings. The van der Waals surface area contributed by atoms with E-state index in [2.05, 4.69) is 4.98 Å². The van der Waals surface area contributed by atoms with Gasteiger partial charge in [0.25, 0.3) is 5.56 Å². The first kappa shape index (κ1) is 20.1. The maximum atomic E-state index is 12.8. The molecule has 0 spiro atoms. The molecule has 0 aliphatic rings. The van der Waals surface area contributed by atoms with Crippen LogP contribution < -0.4 is 5.56 Å². The summed E-state index contributed by atoms with van der Waals surface area (Å²) < 4.78 is 3.54. The molecular weight excluding hydrogens is 398 g/mol. The average molecular weight is 420 g/mol. The number of aryl methyl sites for hydroxylation is 1. The molecule has 0 N–H and O–H groups in total. The van der Waals surface area contributed by atoms with Crippen molar-refractivity contribution in [2.75, 3.05) is 0 Å². The minimum Gasteiger partial charge on any atom is -0.312 e. The molecule has 0 saturated carbocycles. The fourth-order valence-electron chi connectivity index (χ4n) is 3.70. The van der Waals surface area contributed by atoms with Gasteiger partial charge < -0.3 is 4.57 Å². The summed E-state index contributed by atoms with van der Waals surface area (Å²) in [6.07, 6.45) is 3.62. The standard InChI is InChI=1S/C24H22ClN3O2/c1-15(2)21-16(3)26-24-27(12-13-28(24)23(21)30)14-17-4-6-18(7-5-17)22(29)19-8-10-20(25)11-9-19/h4-13,15H,14H2,1-3H3. The van der Waals surface area contributed by atoms with E-state index in [0.717, 1.165) is 16.8 Å². The number of carbonyl (C=O) groups is 1. The van der Waals surface area contributed by atoms with Crippen LogP contribution in [0.4, 0.5) is 0 Å². The number of benzene rings is 2. The lowest BCUT2D eigenvalue weighted by Crippen LogP contribution is -2.22. The van der Waals surface area contributed by atoms with Crippen molar-refractivity contribution in [2.45, 2.75) is 33.2 Å². The van der Waals surface area contributed by atoms with Gasteiger partial charge in [0.15, 0.2) is 5.78 Å². The lowest BCUT2D eigenvalue weighted by atomic mass is 10.0. The molecule has 2 aromatic heterocycles. The van der Waals surface area contributed by atoms with Gasteiger partial charge in [0.1, 0.15) is 0 Å². The number of nitrogens with zero attached hydrogens (tertiary/aromatic N) is 3. The molecule has 0 radical (unpaired) electrons. The number of imidazole rings is 1. The van der Waals surface area contributed by atoms with Crippen LogP contribution in [0.3, 0.4) is 0 Å². The summed E-state index contributed by atoms with van der Waals surface area (Å²) in [5, 5.41) is 0.601. The largest absolute Gasteiger partial charge is 0.312 e. The van der Waals surface area contributed by atoms with Gasteiger partial charge in [0.05, 0.1) is 12.2 Å². The molecule has 2 heterocycles. The summed E-state index contributed by atoms with van der Waals surface area (Å²) in [6.45, 7) is 6.44. The number of halogens is 1. The van der Waals surface area contributed by atoms with Crippen molar-refractivity contribution in [3.05, 3.63) is 104 Å². The van der Waals surface area contributed by atoms with Crippen molar-refractivity contribution in [3.8, 4) is 0 Å². The maximum absolute atomic E-state index is 12.8. The van der Waals surface area contributed by atoms with E-state index in [0.29, 0.717) is 28.5 Å². The van der Waals surface area contributed by atoms with Crippen LogP contribution in [-0.2, 0) is 6.54 Å². The van der Waals surface area contributed by atoms with Crippen molar-refractivity contribution in [1.82, 2.24) is 14.0 Å². The predicted molar refractivity (Wildman–Crippen MR) is 119 cm³/mol. The summed E-state index contributed by atoms with van der Waals surface area (Å²) in [6, 6.07) is 14.4. The van der Waals surface area contributed by atoms with Crippen LogP contribution in [0.25, 0.3) is 5.78 Å². The van der Waals surface area contributed by atoms with Crippen LogP contribution in [0, 0.1) is 6.92 Å². The summed E-state index contributed by atoms with van der Waals surface area (Å²) >= 11 is 5.90. The summed E-state index contributed by atoms with van der Waals surface area (Å²) in [5.74, 6) is 0.689. The Morgan fingerprint density at radius 2 is 1.60 bits per heavy atom. The van der Waals surface area contributed by atoms with E-state index in [4.69, 9.17) is 11.6 Å². The van der Waals surface area contributed by atoms with Crippen molar-refractivity contribution in [3.63, 3.8) is 0 Å². The monoisotopic (exact) mass is 419 g/mol. The van der Waals surface area contributed by atoms with Crippen molar-refractivity contribution < 1.29 is 4.79 Å². The Morgan fingerprint density at radius 1 is 1.00 bits per heavy atom. The van der Waals surface area contributed by atoms with Gasteiger partial charge in [-0.25, -0.2) is 4.98 Å². The van der Waals surface area contributed by atoms with Gasteiger partial charge >= 0.3 is 0 Å². The molecule has 0 saturated heterocycles. The van der Waals surface area contributed by atoms with Gasteiger partial charge in [-0.05, 0) is 42.7 Å². The molecule has 0 aliphatic heterocycles. The molecule has 0 bridgehead atoms. The van der Waals surface area contributed by atoms with Crippen LogP contribution in [0.15, 0.2) is 65.7 Å². The Labute approximate surface area is 179 Å². The molecule has 30 heavy (non-hydrogen) atoms. The quantitative estimate of drug-likeness (QED) is 0.434. The highest BCUT2D eigenvalue weighted by Gasteiger charge is 2.15. The highest BCUT2D eigenvalue weighted by atomic mass is 35.5. The number of hydrogen-bond donors (Lipinski definition) is 0. The minimum atomic E-state index is -0.0466. The SMILES string of the molecule is Cc1nc2n(Cc3ccc(C(=O)c4ccc(Cl)cc4)cc3)ccn2c(=O)c1C(C)C. The lowest BCUT2D eigenvalue weighted by molar-refractivity contribution is 0.103. The third-order valence-corrected chi connectivity index (χ3v) is 5.48. The number of hydrogen-bond acceptors (Lipinski definition) is 3. The van der Waals surface area contributed by atoms with Crippen molar-refractivity contribution in [2.24, 2.45) is 0 Å². The zero-order chi connectivity index (χ0) is 21.4. The lowest BCUT2D eigenvalue weighted by Gasteiger charge is -2.10. The molecule has 152 valence electrons. The Hall–Kier alpha value is -3.18. The zero-order valence-electron chi connectivity index (χ0n) is 17.1. The Morgan fingerprint density at radius 3 is 2.20 bits per heavy atom. The molecule has 4 rings (SSSR count). The van der Waals surface area contributed by atoms with E-state index in [-0.39, 0.29) is 17.3 Å². The predicted octanol–water partition coefficient (Wildman–Crippen LogP) is 4.86. The third-order valence-electron chi connectivity index (χ3n) is 5.23. The molecule has 0 atom stereocenters. The zero-order valence-corrected chi connectivity index (χ0v) is 17.8. The number of fused-ring (bicyclic) bond motifs is 1. The molecule has 0 unspecified atom stereocenters. The van der Waals surface area contributed by atoms with E-state index in [1.165, 1.54) is 0 Å². The third kappa shape index (κ3) is 3.68. The average Bonchev–Trinajstić information content (AvgIpc) is 3.11. The fraction of sp³-hybridized carbons (Fsp3) is 0.208. The first-order valence-corrected chi connectivity index (χ1v) is 10.2. The highest BCUT2D eigenvalue weighted by Crippen LogP contribution is 2.17. The molecule has 5 nitrogen and oxygen atoms in total. The first-order chi connectivity index (χ1) is 14.3. The number of ketones is 1. The van der Waals surface area contributed by atoms with Crippen LogP contribution >= 0.6 is 11.6 Å². The van der Waals surface area contributed by atoms with E-state index in [1.54, 1.807) is 34.9 Å². The Balaban J connectivity index is 1.61. The van der Waals surface area contributed by atoms with Gasteiger partial charge in [-0.2, -0.15) is 0 Å². The van der Waals surface area contributed by atoms with Gasteiger partial charge in [-0.1, -0.05) is 49.7 Å². The first-order valence-electron chi connectivity index (χ1n) is 9.82.